The SMILES string of the molecule is CCCN(CCN(C)C)C(=O)c1ccc([N+](=O)[O-])c(N)c1. The Morgan fingerprint density at radius 2 is 1.95 bits per heavy atom. The zero-order valence-electron chi connectivity index (χ0n) is 12.7. The van der Waals surface area contributed by atoms with Crippen LogP contribution >= 0.6 is 0 Å². The third kappa shape index (κ3) is 4.71. The Morgan fingerprint density at radius 1 is 1.29 bits per heavy atom. The monoisotopic (exact) mass is 294 g/mol. The summed E-state index contributed by atoms with van der Waals surface area (Å²) in [5.41, 5.74) is 5.85. The average molecular weight is 294 g/mol. The molecule has 1 amide bonds. The van der Waals surface area contributed by atoms with Gasteiger partial charge in [0.2, 0.25) is 0 Å². The zero-order valence-corrected chi connectivity index (χ0v) is 12.7. The molecule has 1 rings (SSSR count). The number of likely N-dealkylation sites (N-methyl/N-ethyl adjacent to an activating group) is 1. The number of nitro groups is 1. The molecule has 1 aromatic rings. The van der Waals surface area contributed by atoms with E-state index in [-0.39, 0.29) is 17.3 Å². The minimum absolute atomic E-state index is 0.00917. The molecule has 0 aliphatic heterocycles. The predicted octanol–water partition coefficient (Wildman–Crippen LogP) is 1.59. The molecule has 0 aromatic heterocycles. The van der Waals surface area contributed by atoms with E-state index in [0.29, 0.717) is 18.7 Å². The molecule has 0 spiro atoms. The Balaban J connectivity index is 2.92. The van der Waals surface area contributed by atoms with Crippen molar-refractivity contribution in [2.45, 2.75) is 13.3 Å². The molecule has 0 saturated carbocycles. The molecule has 0 heterocycles. The maximum Gasteiger partial charge on any atom is 0.292 e. The smallest absolute Gasteiger partial charge is 0.292 e. The summed E-state index contributed by atoms with van der Waals surface area (Å²) in [4.78, 5) is 26.4. The van der Waals surface area contributed by atoms with Crippen LogP contribution < -0.4 is 5.73 Å². The fourth-order valence-corrected chi connectivity index (χ4v) is 1.94. The van der Waals surface area contributed by atoms with Gasteiger partial charge in [-0.1, -0.05) is 6.92 Å². The Labute approximate surface area is 124 Å². The number of hydrogen-bond donors (Lipinski definition) is 1. The van der Waals surface area contributed by atoms with Crippen molar-refractivity contribution in [2.75, 3.05) is 39.5 Å². The van der Waals surface area contributed by atoms with E-state index in [0.717, 1.165) is 13.0 Å². The third-order valence-electron chi connectivity index (χ3n) is 3.07. The third-order valence-corrected chi connectivity index (χ3v) is 3.07. The van der Waals surface area contributed by atoms with Crippen LogP contribution in [-0.2, 0) is 0 Å². The van der Waals surface area contributed by atoms with Crippen LogP contribution in [0.2, 0.25) is 0 Å². The first-order valence-electron chi connectivity index (χ1n) is 6.84. The van der Waals surface area contributed by atoms with Gasteiger partial charge in [0.05, 0.1) is 4.92 Å². The van der Waals surface area contributed by atoms with Crippen LogP contribution in [0.1, 0.15) is 23.7 Å². The molecule has 7 nitrogen and oxygen atoms in total. The molecule has 1 aromatic carbocycles. The van der Waals surface area contributed by atoms with Crippen LogP contribution in [0.15, 0.2) is 18.2 Å². The molecule has 0 radical (unpaired) electrons. The molecule has 0 bridgehead atoms. The molecular formula is C14H22N4O3. The first-order chi connectivity index (χ1) is 9.86. The number of carbonyl (C=O) groups is 1. The molecule has 7 heteroatoms. The normalized spacial score (nSPS) is 10.7. The van der Waals surface area contributed by atoms with E-state index < -0.39 is 4.92 Å². The second-order valence-corrected chi connectivity index (χ2v) is 5.13. The molecule has 0 atom stereocenters. The summed E-state index contributed by atoms with van der Waals surface area (Å²) in [7, 11) is 3.89. The van der Waals surface area contributed by atoms with Crippen LogP contribution in [0.25, 0.3) is 0 Å². The lowest BCUT2D eigenvalue weighted by molar-refractivity contribution is -0.383. The minimum atomic E-state index is -0.556. The van der Waals surface area contributed by atoms with Gasteiger partial charge < -0.3 is 15.5 Å². The Kier molecular flexibility index (Phi) is 6.10. The van der Waals surface area contributed by atoms with Gasteiger partial charge in [0.15, 0.2) is 0 Å². The van der Waals surface area contributed by atoms with Crippen molar-refractivity contribution < 1.29 is 9.72 Å². The van der Waals surface area contributed by atoms with E-state index >= 15 is 0 Å². The summed E-state index contributed by atoms with van der Waals surface area (Å²) in [6, 6.07) is 4.10. The number of carbonyl (C=O) groups excluding carboxylic acids is 1. The van der Waals surface area contributed by atoms with Crippen molar-refractivity contribution in [3.8, 4) is 0 Å². The van der Waals surface area contributed by atoms with Crippen molar-refractivity contribution in [3.05, 3.63) is 33.9 Å². The van der Waals surface area contributed by atoms with Crippen molar-refractivity contribution in [3.63, 3.8) is 0 Å². The maximum atomic E-state index is 12.5. The number of nitrogen functional groups attached to an aromatic ring is 1. The number of nitro benzene ring substituents is 1. The minimum Gasteiger partial charge on any atom is -0.393 e. The highest BCUT2D eigenvalue weighted by molar-refractivity contribution is 5.95. The lowest BCUT2D eigenvalue weighted by Gasteiger charge is -2.24. The maximum absolute atomic E-state index is 12.5. The van der Waals surface area contributed by atoms with Gasteiger partial charge in [0.25, 0.3) is 11.6 Å². The van der Waals surface area contributed by atoms with Crippen LogP contribution in [0.5, 0.6) is 0 Å². The van der Waals surface area contributed by atoms with E-state index in [1.54, 1.807) is 4.90 Å². The molecule has 0 aliphatic rings. The number of benzene rings is 1. The molecule has 0 fully saturated rings. The topological polar surface area (TPSA) is 92.7 Å². The molecule has 0 saturated heterocycles. The van der Waals surface area contributed by atoms with E-state index in [9.17, 15) is 14.9 Å². The van der Waals surface area contributed by atoms with E-state index in [4.69, 9.17) is 5.73 Å². The van der Waals surface area contributed by atoms with Crippen molar-refractivity contribution in [1.82, 2.24) is 9.80 Å². The lowest BCUT2D eigenvalue weighted by atomic mass is 10.1. The van der Waals surface area contributed by atoms with Crippen molar-refractivity contribution in [1.29, 1.82) is 0 Å². The summed E-state index contributed by atoms with van der Waals surface area (Å²) in [6.07, 6.45) is 0.849. The van der Waals surface area contributed by atoms with E-state index in [2.05, 4.69) is 0 Å². The quantitative estimate of drug-likeness (QED) is 0.468. The summed E-state index contributed by atoms with van der Waals surface area (Å²) < 4.78 is 0. The Morgan fingerprint density at radius 3 is 2.43 bits per heavy atom. The van der Waals surface area contributed by atoms with Crippen molar-refractivity contribution in [2.24, 2.45) is 0 Å². The summed E-state index contributed by atoms with van der Waals surface area (Å²) in [5, 5.41) is 10.7. The van der Waals surface area contributed by atoms with E-state index in [1.807, 2.05) is 25.9 Å². The first kappa shape index (κ1) is 16.9. The zero-order chi connectivity index (χ0) is 16.0. The molecule has 0 unspecified atom stereocenters. The number of anilines is 1. The first-order valence-corrected chi connectivity index (χ1v) is 6.84. The largest absolute Gasteiger partial charge is 0.393 e. The highest BCUT2D eigenvalue weighted by atomic mass is 16.6. The van der Waals surface area contributed by atoms with Crippen LogP contribution in [-0.4, -0.2) is 54.4 Å². The molecule has 116 valence electrons. The molecule has 2 N–H and O–H groups in total. The number of amides is 1. The van der Waals surface area contributed by atoms with Gasteiger partial charge in [-0.05, 0) is 32.6 Å². The highest BCUT2D eigenvalue weighted by Crippen LogP contribution is 2.22. The number of nitrogens with zero attached hydrogens (tertiary/aromatic N) is 3. The van der Waals surface area contributed by atoms with Crippen LogP contribution in [0.3, 0.4) is 0 Å². The van der Waals surface area contributed by atoms with Gasteiger partial charge in [0.1, 0.15) is 5.69 Å². The highest BCUT2D eigenvalue weighted by Gasteiger charge is 2.18. The van der Waals surface area contributed by atoms with Crippen LogP contribution in [0.4, 0.5) is 11.4 Å². The van der Waals surface area contributed by atoms with Gasteiger partial charge in [0, 0.05) is 31.3 Å². The summed E-state index contributed by atoms with van der Waals surface area (Å²) in [6.45, 7) is 4.01. The number of rotatable bonds is 7. The Bertz CT molecular complexity index is 517. The fraction of sp³-hybridized carbons (Fsp3) is 0.500. The van der Waals surface area contributed by atoms with Gasteiger partial charge in [-0.15, -0.1) is 0 Å². The second kappa shape index (κ2) is 7.58. The van der Waals surface area contributed by atoms with Gasteiger partial charge in [-0.2, -0.15) is 0 Å². The van der Waals surface area contributed by atoms with Gasteiger partial charge in [-0.25, -0.2) is 0 Å². The van der Waals surface area contributed by atoms with Crippen molar-refractivity contribution >= 4 is 17.3 Å². The molecule has 0 aliphatic carbocycles. The summed E-state index contributed by atoms with van der Waals surface area (Å²) >= 11 is 0. The number of nitrogens with two attached hydrogens (primary N) is 1. The lowest BCUT2D eigenvalue weighted by Crippen LogP contribution is -2.37. The van der Waals surface area contributed by atoms with Gasteiger partial charge >= 0.3 is 0 Å². The predicted molar refractivity (Wildman–Crippen MR) is 82.3 cm³/mol. The standard InChI is InChI=1S/C14H22N4O3/c1-4-7-17(9-8-16(2)3)14(19)11-5-6-13(18(20)21)12(15)10-11/h5-6,10H,4,7-9,15H2,1-3H3. The number of hydrogen-bond acceptors (Lipinski definition) is 5. The fourth-order valence-electron chi connectivity index (χ4n) is 1.94. The average Bonchev–Trinajstić information content (AvgIpc) is 2.41. The second-order valence-electron chi connectivity index (χ2n) is 5.13. The van der Waals surface area contributed by atoms with Crippen LogP contribution in [0, 0.1) is 10.1 Å². The molecular weight excluding hydrogens is 272 g/mol. The van der Waals surface area contributed by atoms with Gasteiger partial charge in [-0.3, -0.25) is 14.9 Å². The molecule has 21 heavy (non-hydrogen) atoms. The van der Waals surface area contributed by atoms with E-state index in [1.165, 1.54) is 18.2 Å². The Hall–Kier alpha value is -2.15. The summed E-state index contributed by atoms with van der Waals surface area (Å²) in [5.74, 6) is -0.153.